The second kappa shape index (κ2) is 4.69. The zero-order valence-electron chi connectivity index (χ0n) is 8.29. The topological polar surface area (TPSA) is 132 Å². The van der Waals surface area contributed by atoms with Crippen LogP contribution in [0.1, 0.15) is 22.0 Å². The van der Waals surface area contributed by atoms with Gasteiger partial charge in [0.05, 0.1) is 4.92 Å². The first-order chi connectivity index (χ1) is 7.47. The van der Waals surface area contributed by atoms with Crippen LogP contribution < -0.4 is 11.5 Å². The number of carboxylic acids is 1. The molecule has 0 aliphatic heterocycles. The quantitative estimate of drug-likeness (QED) is 0.497. The lowest BCUT2D eigenvalue weighted by atomic mass is 10.0. The third kappa shape index (κ3) is 2.33. The highest BCUT2D eigenvalue weighted by molar-refractivity contribution is 5.92. The van der Waals surface area contributed by atoms with Gasteiger partial charge in [0.1, 0.15) is 5.56 Å². The van der Waals surface area contributed by atoms with Crippen molar-refractivity contribution in [3.8, 4) is 0 Å². The molecular formula is C9H11N3O4. The number of rotatable bonds is 4. The van der Waals surface area contributed by atoms with Gasteiger partial charge in [-0.15, -0.1) is 0 Å². The molecule has 0 spiro atoms. The molecule has 1 aromatic rings. The minimum Gasteiger partial charge on any atom is -0.477 e. The predicted molar refractivity (Wildman–Crippen MR) is 56.0 cm³/mol. The number of nitrogens with zero attached hydrogens (tertiary/aromatic N) is 1. The first-order valence-electron chi connectivity index (χ1n) is 4.44. The minimum absolute atomic E-state index is 0.129. The van der Waals surface area contributed by atoms with Crippen molar-refractivity contribution < 1.29 is 14.8 Å². The highest BCUT2D eigenvalue weighted by atomic mass is 16.6. The predicted octanol–water partition coefficient (Wildman–Crippen LogP) is 0.252. The zero-order chi connectivity index (χ0) is 12.3. The zero-order valence-corrected chi connectivity index (χ0v) is 8.29. The third-order valence-electron chi connectivity index (χ3n) is 2.13. The van der Waals surface area contributed by atoms with Gasteiger partial charge in [-0.05, 0) is 11.6 Å². The average Bonchev–Trinajstić information content (AvgIpc) is 2.26. The number of benzene rings is 1. The van der Waals surface area contributed by atoms with Gasteiger partial charge in [0.2, 0.25) is 0 Å². The summed E-state index contributed by atoms with van der Waals surface area (Å²) in [5, 5.41) is 19.4. The fourth-order valence-corrected chi connectivity index (χ4v) is 1.25. The van der Waals surface area contributed by atoms with Crippen molar-refractivity contribution in [2.75, 3.05) is 6.54 Å². The van der Waals surface area contributed by atoms with E-state index in [1.165, 1.54) is 6.07 Å². The normalized spacial score (nSPS) is 12.1. The van der Waals surface area contributed by atoms with E-state index in [0.717, 1.165) is 12.1 Å². The van der Waals surface area contributed by atoms with Crippen molar-refractivity contribution in [2.45, 2.75) is 6.04 Å². The molecule has 0 radical (unpaired) electrons. The molecule has 5 N–H and O–H groups in total. The van der Waals surface area contributed by atoms with Gasteiger partial charge in [-0.2, -0.15) is 0 Å². The van der Waals surface area contributed by atoms with E-state index in [2.05, 4.69) is 0 Å². The molecule has 0 saturated heterocycles. The Kier molecular flexibility index (Phi) is 3.54. The Morgan fingerprint density at radius 3 is 2.62 bits per heavy atom. The summed E-state index contributed by atoms with van der Waals surface area (Å²) in [6.45, 7) is 0.129. The fraction of sp³-hybridized carbons (Fsp3) is 0.222. The van der Waals surface area contributed by atoms with Gasteiger partial charge >= 0.3 is 5.97 Å². The Morgan fingerprint density at radius 1 is 1.56 bits per heavy atom. The summed E-state index contributed by atoms with van der Waals surface area (Å²) in [7, 11) is 0. The molecule has 0 bridgehead atoms. The van der Waals surface area contributed by atoms with Crippen LogP contribution in [0.4, 0.5) is 5.69 Å². The number of nitro groups is 1. The number of nitrogens with two attached hydrogens (primary N) is 2. The smallest absolute Gasteiger partial charge is 0.342 e. The summed E-state index contributed by atoms with van der Waals surface area (Å²) in [5.41, 5.74) is 10.5. The largest absolute Gasteiger partial charge is 0.477 e. The summed E-state index contributed by atoms with van der Waals surface area (Å²) < 4.78 is 0. The van der Waals surface area contributed by atoms with Crippen LogP contribution in [0.15, 0.2) is 18.2 Å². The molecule has 7 heteroatoms. The van der Waals surface area contributed by atoms with Crippen LogP contribution in [-0.2, 0) is 0 Å². The van der Waals surface area contributed by atoms with Crippen molar-refractivity contribution >= 4 is 11.7 Å². The van der Waals surface area contributed by atoms with Crippen molar-refractivity contribution in [1.82, 2.24) is 0 Å². The first kappa shape index (κ1) is 12.1. The molecule has 0 aliphatic rings. The molecule has 1 atom stereocenters. The standard InChI is InChI=1S/C9H11N3O4/c10-4-7(11)5-1-2-6(9(13)14)8(3-5)12(15)16/h1-3,7H,4,10-11H2,(H,13,14)/t7-/m1/s1. The van der Waals surface area contributed by atoms with E-state index in [0.29, 0.717) is 5.56 Å². The van der Waals surface area contributed by atoms with E-state index in [1.807, 2.05) is 0 Å². The van der Waals surface area contributed by atoms with Crippen LogP contribution in [0.3, 0.4) is 0 Å². The number of carbonyl (C=O) groups is 1. The van der Waals surface area contributed by atoms with E-state index < -0.39 is 22.6 Å². The summed E-state index contributed by atoms with van der Waals surface area (Å²) in [6.07, 6.45) is 0. The van der Waals surface area contributed by atoms with E-state index in [4.69, 9.17) is 16.6 Å². The number of hydrogen-bond acceptors (Lipinski definition) is 5. The molecule has 0 fully saturated rings. The lowest BCUT2D eigenvalue weighted by Crippen LogP contribution is -2.21. The van der Waals surface area contributed by atoms with Gasteiger partial charge in [-0.1, -0.05) is 6.07 Å². The minimum atomic E-state index is -1.35. The highest BCUT2D eigenvalue weighted by Gasteiger charge is 2.21. The number of hydrogen-bond donors (Lipinski definition) is 3. The second-order valence-corrected chi connectivity index (χ2v) is 3.18. The Balaban J connectivity index is 3.28. The monoisotopic (exact) mass is 225 g/mol. The Bertz CT molecular complexity index is 433. The summed E-state index contributed by atoms with van der Waals surface area (Å²) in [6, 6.07) is 3.18. The van der Waals surface area contributed by atoms with Crippen molar-refractivity contribution in [1.29, 1.82) is 0 Å². The van der Waals surface area contributed by atoms with Crippen molar-refractivity contribution in [3.63, 3.8) is 0 Å². The lowest BCUT2D eigenvalue weighted by molar-refractivity contribution is -0.385. The first-order valence-corrected chi connectivity index (χ1v) is 4.44. The Hall–Kier alpha value is -1.99. The van der Waals surface area contributed by atoms with Gasteiger partial charge in [0.25, 0.3) is 5.69 Å². The van der Waals surface area contributed by atoms with E-state index in [1.54, 1.807) is 0 Å². The summed E-state index contributed by atoms with van der Waals surface area (Å²) >= 11 is 0. The van der Waals surface area contributed by atoms with Crippen LogP contribution in [-0.4, -0.2) is 22.5 Å². The number of carboxylic acid groups (broad SMARTS) is 1. The molecule has 0 aromatic heterocycles. The molecule has 0 amide bonds. The molecule has 86 valence electrons. The van der Waals surface area contributed by atoms with Gasteiger partial charge < -0.3 is 16.6 Å². The molecule has 0 unspecified atom stereocenters. The molecule has 16 heavy (non-hydrogen) atoms. The van der Waals surface area contributed by atoms with E-state index in [-0.39, 0.29) is 12.1 Å². The maximum Gasteiger partial charge on any atom is 0.342 e. The fourth-order valence-electron chi connectivity index (χ4n) is 1.25. The highest BCUT2D eigenvalue weighted by Crippen LogP contribution is 2.22. The molecule has 0 aliphatic carbocycles. The van der Waals surface area contributed by atoms with Crippen LogP contribution in [0.25, 0.3) is 0 Å². The molecule has 0 saturated carbocycles. The lowest BCUT2D eigenvalue weighted by Gasteiger charge is -2.09. The Morgan fingerprint density at radius 2 is 2.19 bits per heavy atom. The van der Waals surface area contributed by atoms with Crippen LogP contribution >= 0.6 is 0 Å². The molecule has 1 aromatic carbocycles. The maximum atomic E-state index is 10.7. The van der Waals surface area contributed by atoms with Gasteiger partial charge in [-0.3, -0.25) is 10.1 Å². The Labute approximate surface area is 90.8 Å². The average molecular weight is 225 g/mol. The summed E-state index contributed by atoms with van der Waals surface area (Å²) in [5.74, 6) is -1.35. The van der Waals surface area contributed by atoms with Crippen molar-refractivity contribution in [3.05, 3.63) is 39.4 Å². The van der Waals surface area contributed by atoms with Gasteiger partial charge in [-0.25, -0.2) is 4.79 Å². The number of aromatic carboxylic acids is 1. The van der Waals surface area contributed by atoms with Crippen molar-refractivity contribution in [2.24, 2.45) is 11.5 Å². The molecule has 1 rings (SSSR count). The molecular weight excluding hydrogens is 214 g/mol. The SMILES string of the molecule is NC[C@@H](N)c1ccc(C(=O)O)c([N+](=O)[O-])c1. The van der Waals surface area contributed by atoms with Gasteiger partial charge in [0, 0.05) is 18.7 Å². The van der Waals surface area contributed by atoms with Crippen LogP contribution in [0.2, 0.25) is 0 Å². The third-order valence-corrected chi connectivity index (χ3v) is 2.13. The van der Waals surface area contributed by atoms with Crippen LogP contribution in [0.5, 0.6) is 0 Å². The number of nitro benzene ring substituents is 1. The second-order valence-electron chi connectivity index (χ2n) is 3.18. The van der Waals surface area contributed by atoms with E-state index >= 15 is 0 Å². The van der Waals surface area contributed by atoms with Gasteiger partial charge in [0.15, 0.2) is 0 Å². The van der Waals surface area contributed by atoms with E-state index in [9.17, 15) is 14.9 Å². The van der Waals surface area contributed by atoms with Crippen LogP contribution in [0, 0.1) is 10.1 Å². The molecule has 0 heterocycles. The summed E-state index contributed by atoms with van der Waals surface area (Å²) in [4.78, 5) is 20.6. The molecule has 7 nitrogen and oxygen atoms in total. The maximum absolute atomic E-state index is 10.7.